The van der Waals surface area contributed by atoms with E-state index in [-0.39, 0.29) is 0 Å². The average molecular weight is 281 g/mol. The summed E-state index contributed by atoms with van der Waals surface area (Å²) < 4.78 is 1.14. The van der Waals surface area contributed by atoms with Crippen molar-refractivity contribution in [3.8, 4) is 0 Å². The minimum atomic E-state index is 0.553. The number of aromatic nitrogens is 1. The van der Waals surface area contributed by atoms with Crippen molar-refractivity contribution in [3.63, 3.8) is 0 Å². The Morgan fingerprint density at radius 1 is 1.38 bits per heavy atom. The highest BCUT2D eigenvalue weighted by atomic mass is 79.9. The topological polar surface area (TPSA) is 27.8 Å². The first-order valence-corrected chi connectivity index (χ1v) is 6.45. The highest BCUT2D eigenvalue weighted by Crippen LogP contribution is 2.22. The average Bonchev–Trinajstić information content (AvgIpc) is 2.60. The maximum absolute atomic E-state index is 3.51. The molecule has 0 unspecified atom stereocenters. The van der Waals surface area contributed by atoms with Crippen LogP contribution < -0.4 is 5.32 Å². The molecule has 0 aliphatic rings. The zero-order chi connectivity index (χ0) is 11.5. The van der Waals surface area contributed by atoms with Crippen molar-refractivity contribution >= 4 is 26.8 Å². The third kappa shape index (κ3) is 2.66. The minimum absolute atomic E-state index is 0.553. The van der Waals surface area contributed by atoms with Gasteiger partial charge in [-0.25, -0.2) is 0 Å². The van der Waals surface area contributed by atoms with Gasteiger partial charge in [-0.05, 0) is 36.7 Å². The fourth-order valence-corrected chi connectivity index (χ4v) is 2.21. The van der Waals surface area contributed by atoms with Gasteiger partial charge in [0.2, 0.25) is 0 Å². The monoisotopic (exact) mass is 280 g/mol. The van der Waals surface area contributed by atoms with E-state index in [4.69, 9.17) is 0 Å². The van der Waals surface area contributed by atoms with Crippen molar-refractivity contribution in [2.75, 3.05) is 6.54 Å². The molecule has 0 amide bonds. The van der Waals surface area contributed by atoms with Crippen LogP contribution in [0.1, 0.15) is 19.4 Å². The van der Waals surface area contributed by atoms with Crippen molar-refractivity contribution in [3.05, 3.63) is 34.4 Å². The molecule has 0 saturated heterocycles. The molecule has 0 saturated carbocycles. The van der Waals surface area contributed by atoms with E-state index in [2.05, 4.69) is 64.5 Å². The predicted molar refractivity (Wildman–Crippen MR) is 72.8 cm³/mol. The van der Waals surface area contributed by atoms with Crippen LogP contribution in [0.15, 0.2) is 28.9 Å². The van der Waals surface area contributed by atoms with Gasteiger partial charge < -0.3 is 10.3 Å². The van der Waals surface area contributed by atoms with Gasteiger partial charge in [0.15, 0.2) is 0 Å². The van der Waals surface area contributed by atoms with Gasteiger partial charge in [0.25, 0.3) is 0 Å². The van der Waals surface area contributed by atoms with Gasteiger partial charge in [-0.15, -0.1) is 0 Å². The lowest BCUT2D eigenvalue weighted by molar-refractivity contribution is 0.591. The van der Waals surface area contributed by atoms with E-state index in [9.17, 15) is 0 Å². The van der Waals surface area contributed by atoms with Crippen LogP contribution in [0.25, 0.3) is 10.9 Å². The molecule has 0 aliphatic carbocycles. The van der Waals surface area contributed by atoms with Crippen LogP contribution in [0.4, 0.5) is 0 Å². The highest BCUT2D eigenvalue weighted by Gasteiger charge is 2.04. The molecule has 0 bridgehead atoms. The van der Waals surface area contributed by atoms with E-state index in [0.717, 1.165) is 17.4 Å². The smallest absolute Gasteiger partial charge is 0.0457 e. The van der Waals surface area contributed by atoms with Gasteiger partial charge in [-0.3, -0.25) is 0 Å². The predicted octanol–water partition coefficient (Wildman–Crippen LogP) is 3.47. The van der Waals surface area contributed by atoms with E-state index in [0.29, 0.717) is 6.04 Å². The maximum atomic E-state index is 3.51. The van der Waals surface area contributed by atoms with Crippen molar-refractivity contribution in [1.82, 2.24) is 10.3 Å². The number of rotatable bonds is 4. The first-order chi connectivity index (χ1) is 7.66. The number of aromatic amines is 1. The van der Waals surface area contributed by atoms with E-state index < -0.39 is 0 Å². The fraction of sp³-hybridized carbons (Fsp3) is 0.385. The lowest BCUT2D eigenvalue weighted by Gasteiger charge is -2.06. The summed E-state index contributed by atoms with van der Waals surface area (Å²) in [7, 11) is 0. The summed E-state index contributed by atoms with van der Waals surface area (Å²) in [6, 6.07) is 6.90. The zero-order valence-corrected chi connectivity index (χ0v) is 11.3. The summed E-state index contributed by atoms with van der Waals surface area (Å²) in [5.41, 5.74) is 2.59. The normalized spacial score (nSPS) is 11.5. The molecule has 1 aromatic heterocycles. The number of benzene rings is 1. The molecule has 86 valence electrons. The van der Waals surface area contributed by atoms with Crippen molar-refractivity contribution < 1.29 is 0 Å². The standard InChI is InChI=1S/C13H17BrN2/c1-9(2)15-6-5-10-8-16-13-4-3-11(14)7-12(10)13/h3-4,7-9,15-16H,5-6H2,1-2H3. The SMILES string of the molecule is CC(C)NCCc1c[nH]c2ccc(Br)cc12. The summed E-state index contributed by atoms with van der Waals surface area (Å²) in [6.45, 7) is 5.37. The van der Waals surface area contributed by atoms with E-state index in [1.807, 2.05) is 0 Å². The largest absolute Gasteiger partial charge is 0.361 e. The number of hydrogen-bond donors (Lipinski definition) is 2. The van der Waals surface area contributed by atoms with E-state index in [1.54, 1.807) is 0 Å². The third-order valence-corrected chi connectivity index (χ3v) is 3.17. The van der Waals surface area contributed by atoms with Crippen molar-refractivity contribution in [2.45, 2.75) is 26.3 Å². The van der Waals surface area contributed by atoms with Crippen molar-refractivity contribution in [2.24, 2.45) is 0 Å². The van der Waals surface area contributed by atoms with Crippen LogP contribution in [0.2, 0.25) is 0 Å². The molecule has 1 heterocycles. The lowest BCUT2D eigenvalue weighted by atomic mass is 10.1. The summed E-state index contributed by atoms with van der Waals surface area (Å²) in [5.74, 6) is 0. The Hall–Kier alpha value is -0.800. The minimum Gasteiger partial charge on any atom is -0.361 e. The number of halogens is 1. The van der Waals surface area contributed by atoms with Crippen LogP contribution in [0.5, 0.6) is 0 Å². The fourth-order valence-electron chi connectivity index (χ4n) is 1.85. The summed E-state index contributed by atoms with van der Waals surface area (Å²) in [5, 5.41) is 4.76. The molecule has 0 fully saturated rings. The first-order valence-electron chi connectivity index (χ1n) is 5.65. The number of H-pyrrole nitrogens is 1. The third-order valence-electron chi connectivity index (χ3n) is 2.68. The van der Waals surface area contributed by atoms with Crippen molar-refractivity contribution in [1.29, 1.82) is 0 Å². The molecular weight excluding hydrogens is 264 g/mol. The van der Waals surface area contributed by atoms with Crippen LogP contribution >= 0.6 is 15.9 Å². The maximum Gasteiger partial charge on any atom is 0.0457 e. The summed E-state index contributed by atoms with van der Waals surface area (Å²) in [4.78, 5) is 3.30. The Labute approximate surface area is 105 Å². The molecule has 2 N–H and O–H groups in total. The number of hydrogen-bond acceptors (Lipinski definition) is 1. The molecule has 2 aromatic rings. The summed E-state index contributed by atoms with van der Waals surface area (Å²) >= 11 is 3.51. The van der Waals surface area contributed by atoms with Gasteiger partial charge in [-0.2, -0.15) is 0 Å². The molecule has 1 aromatic carbocycles. The second-order valence-electron chi connectivity index (χ2n) is 4.36. The second kappa shape index (κ2) is 5.02. The molecule has 0 radical (unpaired) electrons. The Morgan fingerprint density at radius 2 is 2.19 bits per heavy atom. The van der Waals surface area contributed by atoms with Gasteiger partial charge in [0, 0.05) is 27.6 Å². The first kappa shape index (κ1) is 11.7. The molecule has 0 atom stereocenters. The Balaban J connectivity index is 2.15. The van der Waals surface area contributed by atoms with Gasteiger partial charge in [0.05, 0.1) is 0 Å². The molecule has 3 heteroatoms. The van der Waals surface area contributed by atoms with Gasteiger partial charge in [0.1, 0.15) is 0 Å². The van der Waals surface area contributed by atoms with E-state index >= 15 is 0 Å². The summed E-state index contributed by atoms with van der Waals surface area (Å²) in [6.07, 6.45) is 3.17. The molecular formula is C13H17BrN2. The quantitative estimate of drug-likeness (QED) is 0.882. The van der Waals surface area contributed by atoms with Crippen LogP contribution in [0, 0.1) is 0 Å². The van der Waals surface area contributed by atoms with Crippen LogP contribution in [0.3, 0.4) is 0 Å². The van der Waals surface area contributed by atoms with Crippen LogP contribution in [-0.2, 0) is 6.42 Å². The second-order valence-corrected chi connectivity index (χ2v) is 5.28. The molecule has 16 heavy (non-hydrogen) atoms. The van der Waals surface area contributed by atoms with Gasteiger partial charge >= 0.3 is 0 Å². The molecule has 0 aliphatic heterocycles. The van der Waals surface area contributed by atoms with Crippen LogP contribution in [-0.4, -0.2) is 17.6 Å². The molecule has 2 rings (SSSR count). The zero-order valence-electron chi connectivity index (χ0n) is 9.68. The Kier molecular flexibility index (Phi) is 3.66. The Bertz CT molecular complexity index is 474. The lowest BCUT2D eigenvalue weighted by Crippen LogP contribution is -2.24. The number of nitrogens with one attached hydrogen (secondary N) is 2. The molecule has 0 spiro atoms. The molecule has 2 nitrogen and oxygen atoms in total. The number of fused-ring (bicyclic) bond motifs is 1. The Morgan fingerprint density at radius 3 is 2.94 bits per heavy atom. The van der Waals surface area contributed by atoms with Gasteiger partial charge in [-0.1, -0.05) is 29.8 Å². The van der Waals surface area contributed by atoms with E-state index in [1.165, 1.54) is 16.5 Å². The highest BCUT2D eigenvalue weighted by molar-refractivity contribution is 9.10.